The molecule has 1 aromatic carbocycles. The van der Waals surface area contributed by atoms with E-state index >= 15 is 0 Å². The lowest BCUT2D eigenvalue weighted by Gasteiger charge is -2.44. The van der Waals surface area contributed by atoms with Gasteiger partial charge in [-0.3, -0.25) is 0 Å². The fourth-order valence-corrected chi connectivity index (χ4v) is 5.24. The van der Waals surface area contributed by atoms with Gasteiger partial charge in [0.2, 0.25) is 0 Å². The number of rotatable bonds is 3. The summed E-state index contributed by atoms with van der Waals surface area (Å²) < 4.78 is 14.0. The average Bonchev–Trinajstić information content (AvgIpc) is 2.89. The second-order valence-corrected chi connectivity index (χ2v) is 8.76. The first-order chi connectivity index (χ1) is 9.74. The van der Waals surface area contributed by atoms with Crippen LogP contribution in [-0.4, -0.2) is 6.04 Å². The number of benzene rings is 1. The molecule has 4 atom stereocenters. The third kappa shape index (κ3) is 2.46. The van der Waals surface area contributed by atoms with Crippen molar-refractivity contribution in [2.24, 2.45) is 16.7 Å². The fourth-order valence-electron chi connectivity index (χ4n) is 4.85. The highest BCUT2D eigenvalue weighted by Gasteiger charge is 2.59. The molecule has 3 rings (SSSR count). The van der Waals surface area contributed by atoms with Crippen LogP contribution in [0.1, 0.15) is 58.6 Å². The Labute approximate surface area is 135 Å². The molecule has 0 heterocycles. The molecular formula is C18H25BrFN. The Kier molecular flexibility index (Phi) is 3.73. The van der Waals surface area contributed by atoms with Gasteiger partial charge in [-0.05, 0) is 76.6 Å². The molecule has 2 aliphatic rings. The minimum Gasteiger partial charge on any atom is -0.306 e. The highest BCUT2D eigenvalue weighted by molar-refractivity contribution is 9.10. The standard InChI is InChI=1S/C18H25BrFN/c1-11(12-5-6-15(20)14(19)9-12)21-16-17(2,3)13-7-8-18(16,4)10-13/h5-6,9,11,13,16,21H,7-8,10H2,1-4H3. The summed E-state index contributed by atoms with van der Waals surface area (Å²) in [5.74, 6) is 0.644. The van der Waals surface area contributed by atoms with Crippen LogP contribution in [0, 0.1) is 22.6 Å². The van der Waals surface area contributed by atoms with E-state index in [2.05, 4.69) is 48.9 Å². The molecule has 0 aromatic heterocycles. The van der Waals surface area contributed by atoms with Gasteiger partial charge in [-0.15, -0.1) is 0 Å². The molecule has 21 heavy (non-hydrogen) atoms. The summed E-state index contributed by atoms with van der Waals surface area (Å²) >= 11 is 3.29. The second-order valence-electron chi connectivity index (χ2n) is 7.91. The van der Waals surface area contributed by atoms with Gasteiger partial charge >= 0.3 is 0 Å². The summed E-state index contributed by atoms with van der Waals surface area (Å²) in [7, 11) is 0. The van der Waals surface area contributed by atoms with Gasteiger partial charge in [-0.1, -0.05) is 26.8 Å². The lowest BCUT2D eigenvalue weighted by molar-refractivity contribution is 0.100. The van der Waals surface area contributed by atoms with E-state index in [1.807, 2.05) is 12.1 Å². The van der Waals surface area contributed by atoms with Crippen LogP contribution in [0.5, 0.6) is 0 Å². The van der Waals surface area contributed by atoms with Crippen molar-refractivity contribution in [3.05, 3.63) is 34.1 Å². The maximum absolute atomic E-state index is 13.4. The first kappa shape index (κ1) is 15.5. The molecule has 2 saturated carbocycles. The Bertz CT molecular complexity index is 551. The molecule has 116 valence electrons. The Hall–Kier alpha value is -0.410. The van der Waals surface area contributed by atoms with Gasteiger partial charge in [0.25, 0.3) is 0 Å². The maximum atomic E-state index is 13.4. The predicted octanol–water partition coefficient (Wildman–Crippen LogP) is 5.45. The molecular weight excluding hydrogens is 329 g/mol. The van der Waals surface area contributed by atoms with Crippen LogP contribution in [0.15, 0.2) is 22.7 Å². The summed E-state index contributed by atoms with van der Waals surface area (Å²) in [6.07, 6.45) is 4.05. The van der Waals surface area contributed by atoms with E-state index in [1.54, 1.807) is 6.07 Å². The zero-order chi connectivity index (χ0) is 15.4. The third-order valence-electron chi connectivity index (χ3n) is 6.13. The molecule has 0 radical (unpaired) electrons. The molecule has 2 aliphatic carbocycles. The van der Waals surface area contributed by atoms with Gasteiger partial charge in [0.05, 0.1) is 4.47 Å². The summed E-state index contributed by atoms with van der Waals surface area (Å²) in [5, 5.41) is 3.86. The molecule has 1 N–H and O–H groups in total. The zero-order valence-corrected chi connectivity index (χ0v) is 14.9. The summed E-state index contributed by atoms with van der Waals surface area (Å²) in [5.41, 5.74) is 1.91. The van der Waals surface area contributed by atoms with E-state index in [0.29, 0.717) is 21.3 Å². The minimum absolute atomic E-state index is 0.196. The van der Waals surface area contributed by atoms with Crippen LogP contribution in [0.3, 0.4) is 0 Å². The topological polar surface area (TPSA) is 12.0 Å². The number of fused-ring (bicyclic) bond motifs is 2. The number of hydrogen-bond acceptors (Lipinski definition) is 1. The second kappa shape index (κ2) is 5.06. The van der Waals surface area contributed by atoms with E-state index in [-0.39, 0.29) is 11.9 Å². The van der Waals surface area contributed by atoms with Crippen LogP contribution < -0.4 is 5.32 Å². The van der Waals surface area contributed by atoms with E-state index in [4.69, 9.17) is 0 Å². The van der Waals surface area contributed by atoms with Gasteiger partial charge in [0.15, 0.2) is 0 Å². The Morgan fingerprint density at radius 3 is 2.62 bits per heavy atom. The van der Waals surface area contributed by atoms with E-state index in [0.717, 1.165) is 11.5 Å². The van der Waals surface area contributed by atoms with E-state index in [9.17, 15) is 4.39 Å². The molecule has 0 amide bonds. The molecule has 2 fully saturated rings. The van der Waals surface area contributed by atoms with Crippen molar-refractivity contribution in [1.82, 2.24) is 5.32 Å². The summed E-state index contributed by atoms with van der Waals surface area (Å²) in [6, 6.07) is 6.10. The molecule has 4 unspecified atom stereocenters. The van der Waals surface area contributed by atoms with Gasteiger partial charge < -0.3 is 5.32 Å². The molecule has 2 bridgehead atoms. The molecule has 0 aliphatic heterocycles. The largest absolute Gasteiger partial charge is 0.306 e. The van der Waals surface area contributed by atoms with Crippen LogP contribution in [-0.2, 0) is 0 Å². The van der Waals surface area contributed by atoms with Gasteiger partial charge in [-0.2, -0.15) is 0 Å². The number of halogens is 2. The normalized spacial score (nSPS) is 35.1. The van der Waals surface area contributed by atoms with Gasteiger partial charge in [0, 0.05) is 12.1 Å². The van der Waals surface area contributed by atoms with Crippen molar-refractivity contribution in [3.63, 3.8) is 0 Å². The van der Waals surface area contributed by atoms with E-state index in [1.165, 1.54) is 19.3 Å². The van der Waals surface area contributed by atoms with E-state index < -0.39 is 0 Å². The molecule has 3 heteroatoms. The monoisotopic (exact) mass is 353 g/mol. The lowest BCUT2D eigenvalue weighted by atomic mass is 9.68. The average molecular weight is 354 g/mol. The minimum atomic E-state index is -0.196. The van der Waals surface area contributed by atoms with Crippen molar-refractivity contribution in [2.45, 2.75) is 59.0 Å². The Morgan fingerprint density at radius 1 is 1.33 bits per heavy atom. The maximum Gasteiger partial charge on any atom is 0.137 e. The smallest absolute Gasteiger partial charge is 0.137 e. The van der Waals surface area contributed by atoms with Crippen molar-refractivity contribution in [1.29, 1.82) is 0 Å². The Morgan fingerprint density at radius 2 is 2.05 bits per heavy atom. The summed E-state index contributed by atoms with van der Waals surface area (Å²) in [6.45, 7) is 9.44. The van der Waals surface area contributed by atoms with Crippen molar-refractivity contribution >= 4 is 15.9 Å². The lowest BCUT2D eigenvalue weighted by Crippen LogP contribution is -2.50. The highest BCUT2D eigenvalue weighted by atomic mass is 79.9. The first-order valence-electron chi connectivity index (χ1n) is 7.95. The quantitative estimate of drug-likeness (QED) is 0.761. The van der Waals surface area contributed by atoms with Crippen LogP contribution in [0.2, 0.25) is 0 Å². The van der Waals surface area contributed by atoms with Gasteiger partial charge in [0.1, 0.15) is 5.82 Å². The van der Waals surface area contributed by atoms with Crippen LogP contribution >= 0.6 is 15.9 Å². The molecule has 1 nitrogen and oxygen atoms in total. The SMILES string of the molecule is CC(NC1C2(C)CCC(C2)C1(C)C)c1ccc(F)c(Br)c1. The van der Waals surface area contributed by atoms with Crippen molar-refractivity contribution < 1.29 is 4.39 Å². The third-order valence-corrected chi connectivity index (χ3v) is 6.74. The van der Waals surface area contributed by atoms with Crippen molar-refractivity contribution in [3.8, 4) is 0 Å². The number of nitrogens with one attached hydrogen (secondary N) is 1. The predicted molar refractivity (Wildman–Crippen MR) is 88.7 cm³/mol. The molecule has 0 spiro atoms. The zero-order valence-electron chi connectivity index (χ0n) is 13.3. The van der Waals surface area contributed by atoms with Crippen LogP contribution in [0.25, 0.3) is 0 Å². The number of hydrogen-bond donors (Lipinski definition) is 1. The van der Waals surface area contributed by atoms with Crippen molar-refractivity contribution in [2.75, 3.05) is 0 Å². The first-order valence-corrected chi connectivity index (χ1v) is 8.74. The van der Waals surface area contributed by atoms with Gasteiger partial charge in [-0.25, -0.2) is 4.39 Å². The fraction of sp³-hybridized carbons (Fsp3) is 0.667. The highest BCUT2D eigenvalue weighted by Crippen LogP contribution is 2.62. The molecule has 0 saturated heterocycles. The Balaban J connectivity index is 1.81. The van der Waals surface area contributed by atoms with Crippen LogP contribution in [0.4, 0.5) is 4.39 Å². The summed E-state index contributed by atoms with van der Waals surface area (Å²) in [4.78, 5) is 0. The molecule has 1 aromatic rings.